The number of halogens is 1. The van der Waals surface area contributed by atoms with Crippen LogP contribution in [0.3, 0.4) is 0 Å². The highest BCUT2D eigenvalue weighted by atomic mass is 35.5. The van der Waals surface area contributed by atoms with E-state index in [-0.39, 0.29) is 6.61 Å². The molecular formula is C17H19ClO3. The first kappa shape index (κ1) is 15.8. The molecule has 0 saturated carbocycles. The standard InChI is InChI=1S/C17H19ClO3/c1-12(19)15-10-14(18)8-9-16(15)21-11-17(2,20)13-6-4-3-5-7-13/h3-10,12,19-20H,11H2,1-2H3/t12-,17?/m0/s1. The van der Waals surface area contributed by atoms with Crippen LogP contribution in [0.2, 0.25) is 5.02 Å². The van der Waals surface area contributed by atoms with E-state index in [1.165, 1.54) is 0 Å². The summed E-state index contributed by atoms with van der Waals surface area (Å²) in [5.41, 5.74) is 0.264. The molecule has 0 saturated heterocycles. The first-order valence-corrected chi connectivity index (χ1v) is 7.16. The van der Waals surface area contributed by atoms with E-state index in [4.69, 9.17) is 16.3 Å². The van der Waals surface area contributed by atoms with Crippen LogP contribution in [0.15, 0.2) is 48.5 Å². The van der Waals surface area contributed by atoms with Crippen molar-refractivity contribution in [3.63, 3.8) is 0 Å². The molecule has 0 aliphatic rings. The Labute approximate surface area is 129 Å². The van der Waals surface area contributed by atoms with Gasteiger partial charge in [-0.2, -0.15) is 0 Å². The number of aliphatic hydroxyl groups excluding tert-OH is 1. The molecule has 1 unspecified atom stereocenters. The minimum Gasteiger partial charge on any atom is -0.490 e. The van der Waals surface area contributed by atoms with Crippen LogP contribution in [0.1, 0.15) is 31.1 Å². The normalized spacial score (nSPS) is 15.3. The minimum absolute atomic E-state index is 0.0817. The van der Waals surface area contributed by atoms with Gasteiger partial charge in [0.25, 0.3) is 0 Å². The summed E-state index contributed by atoms with van der Waals surface area (Å²) < 4.78 is 5.70. The van der Waals surface area contributed by atoms with Crippen LogP contribution in [-0.2, 0) is 5.60 Å². The first-order valence-electron chi connectivity index (χ1n) is 6.78. The van der Waals surface area contributed by atoms with Crippen molar-refractivity contribution in [1.82, 2.24) is 0 Å². The minimum atomic E-state index is -1.11. The molecule has 3 nitrogen and oxygen atoms in total. The second-order valence-corrected chi connectivity index (χ2v) is 5.72. The third kappa shape index (κ3) is 3.97. The fourth-order valence-corrected chi connectivity index (χ4v) is 2.26. The molecule has 0 radical (unpaired) electrons. The highest BCUT2D eigenvalue weighted by Gasteiger charge is 2.24. The maximum atomic E-state index is 10.5. The molecule has 2 atom stereocenters. The summed E-state index contributed by atoms with van der Waals surface area (Å²) in [7, 11) is 0. The van der Waals surface area contributed by atoms with Crippen molar-refractivity contribution in [3.05, 3.63) is 64.7 Å². The zero-order valence-electron chi connectivity index (χ0n) is 12.1. The molecule has 0 bridgehead atoms. The summed E-state index contributed by atoms with van der Waals surface area (Å²) in [5.74, 6) is 0.519. The van der Waals surface area contributed by atoms with E-state index in [2.05, 4.69) is 0 Å². The molecule has 0 aliphatic carbocycles. The molecular weight excluding hydrogens is 288 g/mol. The van der Waals surface area contributed by atoms with Crippen LogP contribution in [0.5, 0.6) is 5.75 Å². The number of ether oxygens (including phenoxy) is 1. The molecule has 4 heteroatoms. The SMILES string of the molecule is C[C@H](O)c1cc(Cl)ccc1OCC(C)(O)c1ccccc1. The van der Waals surface area contributed by atoms with Crippen molar-refractivity contribution in [2.24, 2.45) is 0 Å². The van der Waals surface area contributed by atoms with Gasteiger partial charge in [0.2, 0.25) is 0 Å². The summed E-state index contributed by atoms with van der Waals surface area (Å²) in [6.07, 6.45) is -0.694. The molecule has 2 aromatic rings. The molecule has 112 valence electrons. The van der Waals surface area contributed by atoms with Crippen molar-refractivity contribution in [3.8, 4) is 5.75 Å². The van der Waals surface area contributed by atoms with Crippen LogP contribution in [0.25, 0.3) is 0 Å². The highest BCUT2D eigenvalue weighted by molar-refractivity contribution is 6.30. The lowest BCUT2D eigenvalue weighted by atomic mass is 9.97. The van der Waals surface area contributed by atoms with E-state index in [9.17, 15) is 10.2 Å². The van der Waals surface area contributed by atoms with Crippen LogP contribution in [-0.4, -0.2) is 16.8 Å². The average molecular weight is 307 g/mol. The van der Waals surface area contributed by atoms with E-state index in [1.54, 1.807) is 32.0 Å². The van der Waals surface area contributed by atoms with E-state index in [0.29, 0.717) is 16.3 Å². The van der Waals surface area contributed by atoms with Gasteiger partial charge in [0.05, 0.1) is 6.10 Å². The van der Waals surface area contributed by atoms with E-state index >= 15 is 0 Å². The molecule has 21 heavy (non-hydrogen) atoms. The summed E-state index contributed by atoms with van der Waals surface area (Å²) in [4.78, 5) is 0. The van der Waals surface area contributed by atoms with E-state index in [0.717, 1.165) is 5.56 Å². The molecule has 2 rings (SSSR count). The van der Waals surface area contributed by atoms with Gasteiger partial charge in [-0.1, -0.05) is 41.9 Å². The van der Waals surface area contributed by atoms with Crippen molar-refractivity contribution in [1.29, 1.82) is 0 Å². The number of hydrogen-bond donors (Lipinski definition) is 2. The molecule has 0 spiro atoms. The Morgan fingerprint density at radius 1 is 1.19 bits per heavy atom. The topological polar surface area (TPSA) is 49.7 Å². The van der Waals surface area contributed by atoms with Gasteiger partial charge in [-0.15, -0.1) is 0 Å². The Morgan fingerprint density at radius 2 is 1.86 bits per heavy atom. The summed E-state index contributed by atoms with van der Waals surface area (Å²) in [5, 5.41) is 20.8. The van der Waals surface area contributed by atoms with Crippen LogP contribution >= 0.6 is 11.6 Å². The third-order valence-electron chi connectivity index (χ3n) is 3.33. The smallest absolute Gasteiger partial charge is 0.125 e. The fourth-order valence-electron chi connectivity index (χ4n) is 2.08. The third-order valence-corrected chi connectivity index (χ3v) is 3.56. The summed E-state index contributed by atoms with van der Waals surface area (Å²) >= 11 is 5.93. The van der Waals surface area contributed by atoms with E-state index in [1.807, 2.05) is 30.3 Å². The maximum Gasteiger partial charge on any atom is 0.125 e. The number of hydrogen-bond acceptors (Lipinski definition) is 3. The van der Waals surface area contributed by atoms with Gasteiger partial charge >= 0.3 is 0 Å². The number of benzene rings is 2. The van der Waals surface area contributed by atoms with Crippen molar-refractivity contribution < 1.29 is 14.9 Å². The van der Waals surface area contributed by atoms with Gasteiger partial charge in [0.15, 0.2) is 0 Å². The Morgan fingerprint density at radius 3 is 2.48 bits per heavy atom. The Balaban J connectivity index is 2.16. The maximum absolute atomic E-state index is 10.5. The predicted octanol–water partition coefficient (Wildman–Crippen LogP) is 3.68. The highest BCUT2D eigenvalue weighted by Crippen LogP contribution is 2.30. The molecule has 0 aromatic heterocycles. The lowest BCUT2D eigenvalue weighted by Gasteiger charge is -2.25. The van der Waals surface area contributed by atoms with Crippen molar-refractivity contribution in [2.45, 2.75) is 25.6 Å². The first-order chi connectivity index (χ1) is 9.90. The van der Waals surface area contributed by atoms with Gasteiger partial charge in [0.1, 0.15) is 18.0 Å². The lowest BCUT2D eigenvalue weighted by Crippen LogP contribution is -2.29. The van der Waals surface area contributed by atoms with Crippen molar-refractivity contribution >= 4 is 11.6 Å². The molecule has 0 aliphatic heterocycles. The Hall–Kier alpha value is -1.55. The molecule has 0 fully saturated rings. The summed E-state index contributed by atoms with van der Waals surface area (Å²) in [6.45, 7) is 3.42. The molecule has 0 heterocycles. The zero-order chi connectivity index (χ0) is 15.5. The zero-order valence-corrected chi connectivity index (χ0v) is 12.8. The van der Waals surface area contributed by atoms with Gasteiger partial charge in [-0.05, 0) is 37.6 Å². The second-order valence-electron chi connectivity index (χ2n) is 5.29. The average Bonchev–Trinajstić information content (AvgIpc) is 2.47. The molecule has 2 N–H and O–H groups in total. The monoisotopic (exact) mass is 306 g/mol. The van der Waals surface area contributed by atoms with Crippen molar-refractivity contribution in [2.75, 3.05) is 6.61 Å². The van der Waals surface area contributed by atoms with E-state index < -0.39 is 11.7 Å². The predicted molar refractivity (Wildman–Crippen MR) is 83.6 cm³/mol. The number of rotatable bonds is 5. The van der Waals surface area contributed by atoms with Crippen LogP contribution < -0.4 is 4.74 Å². The van der Waals surface area contributed by atoms with Crippen LogP contribution in [0.4, 0.5) is 0 Å². The lowest BCUT2D eigenvalue weighted by molar-refractivity contribution is 0.00657. The second kappa shape index (κ2) is 6.48. The van der Waals surface area contributed by atoms with Gasteiger partial charge in [0, 0.05) is 10.6 Å². The molecule has 0 amide bonds. The Bertz CT molecular complexity index is 594. The largest absolute Gasteiger partial charge is 0.490 e. The van der Waals surface area contributed by atoms with Gasteiger partial charge < -0.3 is 14.9 Å². The summed E-state index contributed by atoms with van der Waals surface area (Å²) in [6, 6.07) is 14.4. The Kier molecular flexibility index (Phi) is 4.88. The fraction of sp³-hybridized carbons (Fsp3) is 0.294. The molecule has 2 aromatic carbocycles. The van der Waals surface area contributed by atoms with Gasteiger partial charge in [-0.3, -0.25) is 0 Å². The van der Waals surface area contributed by atoms with Crippen LogP contribution in [0, 0.1) is 0 Å². The van der Waals surface area contributed by atoms with Gasteiger partial charge in [-0.25, -0.2) is 0 Å². The quantitative estimate of drug-likeness (QED) is 0.886. The number of aliphatic hydroxyl groups is 2.